The molecule has 6 aromatic rings. The third-order valence-electron chi connectivity index (χ3n) is 5.27. The Morgan fingerprint density at radius 3 is 0.564 bits per heavy atom. The summed E-state index contributed by atoms with van der Waals surface area (Å²) in [5, 5.41) is 55.0. The number of carbonyl (C=O) groups excluding carboxylic acids is 3. The Morgan fingerprint density at radius 1 is 0.327 bits per heavy atom. The van der Waals surface area contributed by atoms with Gasteiger partial charge in [-0.3, -0.25) is 15.0 Å². The molecule has 0 fully saturated rings. The maximum Gasteiger partial charge on any atom is 3.00 e. The van der Waals surface area contributed by atoms with Crippen LogP contribution in [0.15, 0.2) is 146 Å². The van der Waals surface area contributed by atoms with Crippen LogP contribution in [0.1, 0.15) is 62.9 Å². The van der Waals surface area contributed by atoms with E-state index in [4.69, 9.17) is 15.3 Å². The summed E-state index contributed by atoms with van der Waals surface area (Å²) in [6.07, 6.45) is 8.57. The predicted molar refractivity (Wildman–Crippen MR) is 179 cm³/mol. The van der Waals surface area contributed by atoms with Gasteiger partial charge in [0.15, 0.2) is 0 Å². The first-order valence-corrected chi connectivity index (χ1v) is 14.6. The number of carboxylic acid groups (broad SMARTS) is 6. The van der Waals surface area contributed by atoms with Gasteiger partial charge in [-0.25, -0.2) is 29.3 Å². The fourth-order valence-electron chi connectivity index (χ4n) is 2.92. The van der Waals surface area contributed by atoms with Crippen LogP contribution < -0.4 is 15.3 Å². The van der Waals surface area contributed by atoms with Crippen LogP contribution in [0.25, 0.3) is 0 Å². The minimum Gasteiger partial charge on any atom is -0.543 e. The molecule has 55 heavy (non-hydrogen) atoms. The molecule has 0 amide bonds. The molecule has 0 aliphatic rings. The van der Waals surface area contributed by atoms with Crippen LogP contribution in [-0.4, -0.2) is 81.0 Å². The number of hydrogen-bond donors (Lipinski definition) is 3. The van der Waals surface area contributed by atoms with E-state index in [1.807, 2.05) is 0 Å². The Hall–Kier alpha value is -7.23. The molecule has 3 N–H and O–H groups in total. The van der Waals surface area contributed by atoms with Gasteiger partial charge in [0.05, 0.1) is 35.0 Å². The third-order valence-corrected chi connectivity index (χ3v) is 5.27. The summed E-state index contributed by atoms with van der Waals surface area (Å²) in [5.41, 5.74) is 0.153. The van der Waals surface area contributed by atoms with Crippen molar-refractivity contribution in [3.63, 3.8) is 0 Å². The van der Waals surface area contributed by atoms with E-state index in [-0.39, 0.29) is 65.3 Å². The fourth-order valence-corrected chi connectivity index (χ4v) is 2.92. The van der Waals surface area contributed by atoms with Crippen molar-refractivity contribution in [1.82, 2.24) is 29.9 Å². The molecule has 0 saturated carbocycles. The average Bonchev–Trinajstić information content (AvgIpc) is 3.21. The summed E-state index contributed by atoms with van der Waals surface area (Å²) >= 11 is 0. The average molecular weight is 974 g/mol. The Morgan fingerprint density at radius 2 is 0.491 bits per heavy atom. The first-order chi connectivity index (χ1) is 25.8. The van der Waals surface area contributed by atoms with Gasteiger partial charge in [-0.2, -0.15) is 0 Å². The predicted octanol–water partition coefficient (Wildman–Crippen LogP) is 0.675. The van der Waals surface area contributed by atoms with E-state index in [9.17, 15) is 44.1 Å². The normalized spacial score (nSPS) is 8.73. The van der Waals surface area contributed by atoms with Crippen molar-refractivity contribution in [2.24, 2.45) is 0 Å². The molecular weight excluding hydrogens is 946 g/mol. The summed E-state index contributed by atoms with van der Waals surface area (Å²) in [5.74, 6) is -6.69. The van der Waals surface area contributed by atoms with Gasteiger partial charge in [0.1, 0.15) is 17.1 Å². The van der Waals surface area contributed by atoms with Gasteiger partial charge in [0, 0.05) is 37.2 Å². The molecule has 0 spiro atoms. The van der Waals surface area contributed by atoms with Gasteiger partial charge in [0.25, 0.3) is 0 Å². The Balaban J connectivity index is 0.000000634. The zero-order valence-electron chi connectivity index (χ0n) is 28.1. The minimum atomic E-state index is -1.24. The van der Waals surface area contributed by atoms with Gasteiger partial charge in [-0.15, -0.1) is 0 Å². The third kappa shape index (κ3) is 22.3. The summed E-state index contributed by atoms with van der Waals surface area (Å²) in [4.78, 5) is 81.8. The summed E-state index contributed by atoms with van der Waals surface area (Å²) in [7, 11) is 0. The zero-order valence-corrected chi connectivity index (χ0v) is 32.2. The number of pyridine rings is 6. The molecule has 6 rings (SSSR count). The molecule has 0 saturated heterocycles. The smallest absolute Gasteiger partial charge is 0.543 e. The molecule has 0 aliphatic carbocycles. The summed E-state index contributed by atoms with van der Waals surface area (Å²) in [6.45, 7) is 0. The standard InChI is InChI=1S/6C6H5NO2.U/c6*8-6(9)5-3-1-2-4-7-5;/h6*1-4H,(H,8,9);/q;;;;;;+3/p-3. The summed E-state index contributed by atoms with van der Waals surface area (Å²) < 4.78 is 0. The van der Waals surface area contributed by atoms with Crippen molar-refractivity contribution < 1.29 is 90.5 Å². The first kappa shape index (κ1) is 47.8. The van der Waals surface area contributed by atoms with Crippen molar-refractivity contribution in [2.45, 2.75) is 0 Å². The SMILES string of the molecule is O=C(O)c1ccccn1.O=C(O)c1ccccn1.O=C(O)c1ccccn1.O=C([O-])c1ccccn1.O=C([O-])c1ccccn1.O=C([O-])c1ccccn1.[U+3]. The largest absolute Gasteiger partial charge is 3.00 e. The zero-order chi connectivity index (χ0) is 40.1. The van der Waals surface area contributed by atoms with E-state index in [0.717, 1.165) is 0 Å². The van der Waals surface area contributed by atoms with E-state index >= 15 is 0 Å². The molecule has 0 atom stereocenters. The number of nitrogens with zero attached hydrogens (tertiary/aromatic N) is 6. The van der Waals surface area contributed by atoms with Gasteiger partial charge in [0.2, 0.25) is 0 Å². The molecule has 0 aliphatic heterocycles. The second-order valence-corrected chi connectivity index (χ2v) is 9.07. The van der Waals surface area contributed by atoms with Crippen LogP contribution in [0.5, 0.6) is 0 Å². The Bertz CT molecular complexity index is 1640. The van der Waals surface area contributed by atoms with E-state index in [0.29, 0.717) is 0 Å². The number of rotatable bonds is 6. The van der Waals surface area contributed by atoms with E-state index in [2.05, 4.69) is 29.9 Å². The molecular formula is C36H27N6O12U. The van der Waals surface area contributed by atoms with Gasteiger partial charge in [-0.05, 0) is 72.8 Å². The van der Waals surface area contributed by atoms with Crippen LogP contribution in [0.4, 0.5) is 0 Å². The number of aromatic carboxylic acids is 6. The molecule has 6 aromatic heterocycles. The number of hydrogen-bond acceptors (Lipinski definition) is 15. The first-order valence-electron chi connectivity index (χ1n) is 14.6. The van der Waals surface area contributed by atoms with Crippen LogP contribution in [0.2, 0.25) is 0 Å². The van der Waals surface area contributed by atoms with Crippen LogP contribution in [-0.2, 0) is 0 Å². The van der Waals surface area contributed by atoms with Gasteiger partial charge in [-0.1, -0.05) is 36.4 Å². The van der Waals surface area contributed by atoms with Crippen molar-refractivity contribution in [2.75, 3.05) is 0 Å². The summed E-state index contributed by atoms with van der Waals surface area (Å²) in [6, 6.07) is 28.1. The fraction of sp³-hybridized carbons (Fsp3) is 0. The molecule has 277 valence electrons. The molecule has 18 nitrogen and oxygen atoms in total. The quantitative estimate of drug-likeness (QED) is 0.207. The maximum absolute atomic E-state index is 10.1. The second kappa shape index (κ2) is 28.4. The topological polar surface area (TPSA) is 310 Å². The number of aromatic nitrogens is 6. The molecule has 1 radical (unpaired) electrons. The molecule has 0 unspecified atom stereocenters. The van der Waals surface area contributed by atoms with E-state index in [1.54, 1.807) is 72.8 Å². The van der Waals surface area contributed by atoms with Crippen molar-refractivity contribution in [3.8, 4) is 0 Å². The van der Waals surface area contributed by atoms with Crippen molar-refractivity contribution >= 4 is 35.8 Å². The van der Waals surface area contributed by atoms with E-state index < -0.39 is 35.8 Å². The molecule has 0 aromatic carbocycles. The monoisotopic (exact) mass is 973 g/mol. The Kier molecular flexibility index (Phi) is 24.6. The van der Waals surface area contributed by atoms with Crippen LogP contribution in [0, 0.1) is 31.1 Å². The van der Waals surface area contributed by atoms with Crippen LogP contribution >= 0.6 is 0 Å². The number of carbonyl (C=O) groups is 6. The molecule has 6 heterocycles. The van der Waals surface area contributed by atoms with Gasteiger partial charge < -0.3 is 45.0 Å². The maximum atomic E-state index is 10.1. The van der Waals surface area contributed by atoms with Crippen molar-refractivity contribution in [1.29, 1.82) is 0 Å². The van der Waals surface area contributed by atoms with E-state index in [1.165, 1.54) is 73.6 Å². The van der Waals surface area contributed by atoms with Crippen molar-refractivity contribution in [3.05, 3.63) is 181 Å². The minimum absolute atomic E-state index is 0. The number of carboxylic acids is 6. The Labute approximate surface area is 335 Å². The molecule has 19 heteroatoms. The van der Waals surface area contributed by atoms with Crippen LogP contribution in [0.3, 0.4) is 0 Å². The van der Waals surface area contributed by atoms with Gasteiger partial charge >= 0.3 is 49.0 Å². The molecule has 0 bridgehead atoms. The second-order valence-electron chi connectivity index (χ2n) is 9.07.